The van der Waals surface area contributed by atoms with Gasteiger partial charge in [-0.3, -0.25) is 9.59 Å². The molecule has 0 aliphatic rings. The first kappa shape index (κ1) is 10.5. The predicted octanol–water partition coefficient (Wildman–Crippen LogP) is 1.46. The molecule has 0 spiro atoms. The van der Waals surface area contributed by atoms with Gasteiger partial charge in [-0.1, -0.05) is 0 Å². The summed E-state index contributed by atoms with van der Waals surface area (Å²) in [4.78, 5) is 21.6. The van der Waals surface area contributed by atoms with Gasteiger partial charge in [0.05, 0.1) is 4.47 Å². The number of nitrogens with zero attached hydrogens (tertiary/aromatic N) is 1. The molecule has 1 N–H and O–H groups in total. The van der Waals surface area contributed by atoms with Gasteiger partial charge >= 0.3 is 5.97 Å². The third-order valence-corrected chi connectivity index (χ3v) is 2.32. The van der Waals surface area contributed by atoms with E-state index in [1.807, 2.05) is 0 Å². The number of halogens is 2. The number of rotatable bonds is 2. The summed E-state index contributed by atoms with van der Waals surface area (Å²) in [5.74, 6) is -1.05. The van der Waals surface area contributed by atoms with E-state index in [2.05, 4.69) is 31.9 Å². The highest BCUT2D eigenvalue weighted by atomic mass is 79.9. The van der Waals surface area contributed by atoms with Crippen molar-refractivity contribution in [3.8, 4) is 0 Å². The van der Waals surface area contributed by atoms with Crippen molar-refractivity contribution < 1.29 is 9.90 Å². The Morgan fingerprint density at radius 2 is 2.15 bits per heavy atom. The maximum atomic E-state index is 11.3. The van der Waals surface area contributed by atoms with Gasteiger partial charge in [0.1, 0.15) is 6.54 Å². The lowest BCUT2D eigenvalue weighted by atomic mass is 10.4. The fourth-order valence-electron chi connectivity index (χ4n) is 0.828. The molecule has 1 heterocycles. The van der Waals surface area contributed by atoms with E-state index in [1.54, 1.807) is 6.07 Å². The summed E-state index contributed by atoms with van der Waals surface area (Å²) < 4.78 is 2.10. The number of aliphatic carboxylic acids is 1. The molecule has 6 heteroatoms. The zero-order chi connectivity index (χ0) is 10.0. The molecule has 0 saturated heterocycles. The zero-order valence-electron chi connectivity index (χ0n) is 6.33. The van der Waals surface area contributed by atoms with E-state index in [-0.39, 0.29) is 12.1 Å². The Hall–Kier alpha value is -0.620. The van der Waals surface area contributed by atoms with Crippen LogP contribution in [-0.2, 0) is 11.3 Å². The fourth-order valence-corrected chi connectivity index (χ4v) is 2.09. The van der Waals surface area contributed by atoms with Crippen LogP contribution in [0.2, 0.25) is 0 Å². The molecule has 0 atom stereocenters. The molecule has 0 saturated carbocycles. The minimum atomic E-state index is -1.05. The van der Waals surface area contributed by atoms with Crippen LogP contribution in [0, 0.1) is 0 Å². The van der Waals surface area contributed by atoms with Crippen LogP contribution >= 0.6 is 31.9 Å². The van der Waals surface area contributed by atoms with Crippen molar-refractivity contribution in [2.24, 2.45) is 0 Å². The molecule has 70 valence electrons. The fraction of sp³-hybridized carbons (Fsp3) is 0.143. The zero-order valence-corrected chi connectivity index (χ0v) is 9.50. The molecule has 1 rings (SSSR count). The second kappa shape index (κ2) is 4.06. The number of carbonyl (C=O) groups is 1. The normalized spacial score (nSPS) is 10.0. The van der Waals surface area contributed by atoms with Crippen LogP contribution in [0.3, 0.4) is 0 Å². The summed E-state index contributed by atoms with van der Waals surface area (Å²) in [7, 11) is 0. The minimum absolute atomic E-state index is 0.336. The molecule has 0 amide bonds. The average molecular weight is 311 g/mol. The lowest BCUT2D eigenvalue weighted by molar-refractivity contribution is -0.137. The Morgan fingerprint density at radius 1 is 1.54 bits per heavy atom. The molecule has 0 aromatic carbocycles. The highest BCUT2D eigenvalue weighted by Gasteiger charge is 2.05. The van der Waals surface area contributed by atoms with Crippen molar-refractivity contribution in [1.82, 2.24) is 4.57 Å². The van der Waals surface area contributed by atoms with Crippen LogP contribution in [0.15, 0.2) is 26.0 Å². The average Bonchev–Trinajstić information content (AvgIpc) is 1.98. The second-order valence-electron chi connectivity index (χ2n) is 2.33. The van der Waals surface area contributed by atoms with E-state index in [0.29, 0.717) is 8.95 Å². The molecule has 0 fully saturated rings. The molecule has 13 heavy (non-hydrogen) atoms. The van der Waals surface area contributed by atoms with Crippen LogP contribution in [-0.4, -0.2) is 15.6 Å². The smallest absolute Gasteiger partial charge is 0.323 e. The maximum Gasteiger partial charge on any atom is 0.323 e. The maximum absolute atomic E-state index is 11.3. The van der Waals surface area contributed by atoms with E-state index in [1.165, 1.54) is 6.20 Å². The van der Waals surface area contributed by atoms with Crippen LogP contribution in [0.1, 0.15) is 0 Å². The van der Waals surface area contributed by atoms with Gasteiger partial charge in [-0.15, -0.1) is 0 Å². The quantitative estimate of drug-likeness (QED) is 0.899. The summed E-state index contributed by atoms with van der Waals surface area (Å²) in [6, 6.07) is 1.57. The Balaban J connectivity index is 3.21. The van der Waals surface area contributed by atoms with Gasteiger partial charge in [-0.05, 0) is 37.9 Å². The molecule has 0 bridgehead atoms. The minimum Gasteiger partial charge on any atom is -0.480 e. The number of carboxylic acid groups (broad SMARTS) is 1. The molecule has 0 aliphatic heterocycles. The summed E-state index contributed by atoms with van der Waals surface area (Å²) in [5.41, 5.74) is -0.356. The number of aromatic nitrogens is 1. The van der Waals surface area contributed by atoms with Gasteiger partial charge in [0.25, 0.3) is 5.56 Å². The number of pyridine rings is 1. The Labute approximate surface area is 90.4 Å². The molecular weight excluding hydrogens is 306 g/mol. The van der Waals surface area contributed by atoms with Crippen molar-refractivity contribution in [1.29, 1.82) is 0 Å². The topological polar surface area (TPSA) is 59.3 Å². The molecule has 4 nitrogen and oxygen atoms in total. The first-order valence-electron chi connectivity index (χ1n) is 3.28. The summed E-state index contributed by atoms with van der Waals surface area (Å²) in [6.07, 6.45) is 1.43. The highest BCUT2D eigenvalue weighted by Crippen LogP contribution is 2.12. The number of hydrogen-bond donors (Lipinski definition) is 1. The monoisotopic (exact) mass is 309 g/mol. The molecule has 0 radical (unpaired) electrons. The van der Waals surface area contributed by atoms with Crippen molar-refractivity contribution in [2.45, 2.75) is 6.54 Å². The first-order valence-corrected chi connectivity index (χ1v) is 4.86. The third-order valence-electron chi connectivity index (χ3n) is 1.31. The molecule has 0 aliphatic carbocycles. The highest BCUT2D eigenvalue weighted by molar-refractivity contribution is 9.11. The lowest BCUT2D eigenvalue weighted by Crippen LogP contribution is -2.23. The van der Waals surface area contributed by atoms with Gasteiger partial charge in [-0.25, -0.2) is 0 Å². The Morgan fingerprint density at radius 3 is 2.69 bits per heavy atom. The van der Waals surface area contributed by atoms with E-state index >= 15 is 0 Å². The molecule has 1 aromatic rings. The van der Waals surface area contributed by atoms with Gasteiger partial charge < -0.3 is 9.67 Å². The summed E-state index contributed by atoms with van der Waals surface area (Å²) in [5, 5.41) is 8.48. The summed E-state index contributed by atoms with van der Waals surface area (Å²) >= 11 is 6.18. The Bertz CT molecular complexity index is 399. The van der Waals surface area contributed by atoms with Crippen molar-refractivity contribution in [3.63, 3.8) is 0 Å². The van der Waals surface area contributed by atoms with Crippen LogP contribution in [0.5, 0.6) is 0 Å². The summed E-state index contributed by atoms with van der Waals surface area (Å²) in [6.45, 7) is -0.336. The van der Waals surface area contributed by atoms with Gasteiger partial charge in [-0.2, -0.15) is 0 Å². The van der Waals surface area contributed by atoms with Gasteiger partial charge in [0, 0.05) is 10.7 Å². The molecule has 0 unspecified atom stereocenters. The first-order chi connectivity index (χ1) is 6.00. The van der Waals surface area contributed by atoms with Crippen LogP contribution in [0.4, 0.5) is 0 Å². The van der Waals surface area contributed by atoms with Gasteiger partial charge in [0.2, 0.25) is 0 Å². The Kier molecular flexibility index (Phi) is 3.27. The van der Waals surface area contributed by atoms with Crippen LogP contribution < -0.4 is 5.56 Å². The van der Waals surface area contributed by atoms with Crippen molar-refractivity contribution >= 4 is 37.8 Å². The number of hydrogen-bond acceptors (Lipinski definition) is 2. The second-order valence-corrected chi connectivity index (χ2v) is 4.10. The molecular formula is C7H5Br2NO3. The van der Waals surface area contributed by atoms with E-state index in [4.69, 9.17) is 5.11 Å². The standard InChI is InChI=1S/C7H5Br2NO3/c8-4-1-5(9)7(13)10(2-4)3-6(11)12/h1-2H,3H2,(H,11,12). The third kappa shape index (κ3) is 2.67. The van der Waals surface area contributed by atoms with Crippen LogP contribution in [0.25, 0.3) is 0 Å². The SMILES string of the molecule is O=C(O)Cn1cc(Br)cc(Br)c1=O. The van der Waals surface area contributed by atoms with E-state index < -0.39 is 5.97 Å². The van der Waals surface area contributed by atoms with Gasteiger partial charge in [0.15, 0.2) is 0 Å². The van der Waals surface area contributed by atoms with E-state index in [0.717, 1.165) is 4.57 Å². The van der Waals surface area contributed by atoms with Crippen molar-refractivity contribution in [2.75, 3.05) is 0 Å². The predicted molar refractivity (Wildman–Crippen MR) is 53.7 cm³/mol. The lowest BCUT2D eigenvalue weighted by Gasteiger charge is -2.02. The number of carboxylic acids is 1. The largest absolute Gasteiger partial charge is 0.480 e. The molecule has 1 aromatic heterocycles. The van der Waals surface area contributed by atoms with E-state index in [9.17, 15) is 9.59 Å². The van der Waals surface area contributed by atoms with Crippen molar-refractivity contribution in [3.05, 3.63) is 31.6 Å².